The number of hydrogen-bond acceptors (Lipinski definition) is 2. The number of nitrogens with zero attached hydrogens (tertiary/aromatic N) is 1. The molecular formula is C13H15FNO-. The van der Waals surface area contributed by atoms with E-state index in [-0.39, 0.29) is 17.8 Å². The van der Waals surface area contributed by atoms with Gasteiger partial charge in [0.2, 0.25) is 0 Å². The molecule has 1 aliphatic carbocycles. The van der Waals surface area contributed by atoms with E-state index in [1.54, 1.807) is 12.1 Å². The summed E-state index contributed by atoms with van der Waals surface area (Å²) in [6, 6.07) is 5.87. The molecule has 0 amide bonds. The van der Waals surface area contributed by atoms with Crippen LogP contribution in [0.25, 0.3) is 0 Å². The third-order valence-electron chi connectivity index (χ3n) is 2.95. The van der Waals surface area contributed by atoms with Crippen molar-refractivity contribution in [1.82, 2.24) is 0 Å². The lowest BCUT2D eigenvalue weighted by atomic mass is 9.96. The lowest BCUT2D eigenvalue weighted by Crippen LogP contribution is -2.23. The van der Waals surface area contributed by atoms with E-state index in [4.69, 9.17) is 0 Å². The van der Waals surface area contributed by atoms with Crippen LogP contribution in [0.15, 0.2) is 29.3 Å². The Bertz CT molecular complexity index is 383. The molecule has 0 unspecified atom stereocenters. The van der Waals surface area contributed by atoms with Crippen LogP contribution in [0.1, 0.15) is 37.7 Å². The second-order valence-electron chi connectivity index (χ2n) is 4.24. The minimum Gasteiger partial charge on any atom is -0.858 e. The van der Waals surface area contributed by atoms with Crippen LogP contribution in [0.3, 0.4) is 0 Å². The lowest BCUT2D eigenvalue weighted by Gasteiger charge is -2.21. The van der Waals surface area contributed by atoms with Gasteiger partial charge < -0.3 is 5.11 Å². The molecule has 1 saturated carbocycles. The predicted molar refractivity (Wildman–Crippen MR) is 59.8 cm³/mol. The fourth-order valence-corrected chi connectivity index (χ4v) is 2.07. The summed E-state index contributed by atoms with van der Waals surface area (Å²) in [4.78, 5) is 4.14. The molecule has 1 aromatic carbocycles. The van der Waals surface area contributed by atoms with Crippen LogP contribution in [0.2, 0.25) is 0 Å². The second kappa shape index (κ2) is 5.10. The molecule has 0 saturated heterocycles. The molecule has 0 heterocycles. The minimum atomic E-state index is -0.385. The Kier molecular flexibility index (Phi) is 3.54. The molecule has 0 aliphatic heterocycles. The third kappa shape index (κ3) is 2.81. The Labute approximate surface area is 94.8 Å². The topological polar surface area (TPSA) is 35.4 Å². The fraction of sp³-hybridized carbons (Fsp3) is 0.462. The summed E-state index contributed by atoms with van der Waals surface area (Å²) in [5.41, 5.74) is 0.352. The number of rotatable bonds is 2. The van der Waals surface area contributed by atoms with Crippen molar-refractivity contribution in [3.8, 4) is 0 Å². The average molecular weight is 220 g/mol. The number of hydrogen-bond donors (Lipinski definition) is 0. The normalized spacial score (nSPS) is 18.7. The molecule has 0 N–H and O–H groups in total. The number of halogens is 1. The van der Waals surface area contributed by atoms with Crippen molar-refractivity contribution >= 4 is 5.90 Å². The maximum atomic E-state index is 12.9. The van der Waals surface area contributed by atoms with Gasteiger partial charge in [-0.05, 0) is 36.4 Å². The van der Waals surface area contributed by atoms with Gasteiger partial charge in [-0.25, -0.2) is 4.39 Å². The SMILES string of the molecule is [O-]C(=NC1CCCCC1)c1cccc(F)c1. The molecule has 2 nitrogen and oxygen atoms in total. The summed E-state index contributed by atoms with van der Waals surface area (Å²) < 4.78 is 12.9. The van der Waals surface area contributed by atoms with Gasteiger partial charge in [0.05, 0.1) is 0 Å². The first kappa shape index (κ1) is 11.1. The molecule has 1 fully saturated rings. The Morgan fingerprint density at radius 1 is 1.25 bits per heavy atom. The van der Waals surface area contributed by atoms with Gasteiger partial charge in [-0.3, -0.25) is 4.99 Å². The quantitative estimate of drug-likeness (QED) is 0.556. The van der Waals surface area contributed by atoms with Crippen molar-refractivity contribution < 1.29 is 9.50 Å². The molecule has 0 bridgehead atoms. The monoisotopic (exact) mass is 220 g/mol. The molecule has 1 aliphatic rings. The number of aliphatic imine (C=N–C) groups is 1. The summed E-state index contributed by atoms with van der Waals surface area (Å²) >= 11 is 0. The standard InChI is InChI=1S/C13H16FNO/c14-11-6-4-5-10(9-11)13(16)15-12-7-2-1-3-8-12/h4-6,9,12H,1-3,7-8H2,(H,15,16)/p-1. The van der Waals surface area contributed by atoms with Gasteiger partial charge in [0.25, 0.3) is 0 Å². The van der Waals surface area contributed by atoms with Gasteiger partial charge in [-0.15, -0.1) is 0 Å². The molecule has 0 aromatic heterocycles. The summed E-state index contributed by atoms with van der Waals surface area (Å²) in [6.45, 7) is 0. The van der Waals surface area contributed by atoms with Gasteiger partial charge >= 0.3 is 0 Å². The Morgan fingerprint density at radius 2 is 2.00 bits per heavy atom. The first-order valence-corrected chi connectivity index (χ1v) is 5.76. The highest BCUT2D eigenvalue weighted by atomic mass is 19.1. The van der Waals surface area contributed by atoms with Crippen LogP contribution in [0, 0.1) is 5.82 Å². The van der Waals surface area contributed by atoms with Gasteiger partial charge in [0.15, 0.2) is 0 Å². The predicted octanol–water partition coefficient (Wildman–Crippen LogP) is 2.27. The van der Waals surface area contributed by atoms with Crippen LogP contribution in [0.4, 0.5) is 4.39 Å². The van der Waals surface area contributed by atoms with E-state index in [0.29, 0.717) is 5.56 Å². The maximum Gasteiger partial charge on any atom is 0.123 e. The zero-order valence-corrected chi connectivity index (χ0v) is 9.16. The van der Waals surface area contributed by atoms with E-state index in [0.717, 1.165) is 25.7 Å². The molecule has 16 heavy (non-hydrogen) atoms. The van der Waals surface area contributed by atoms with Crippen LogP contribution in [-0.4, -0.2) is 11.9 Å². The van der Waals surface area contributed by atoms with Gasteiger partial charge in [0.1, 0.15) is 5.82 Å². The molecule has 1 aromatic rings. The van der Waals surface area contributed by atoms with Crippen LogP contribution in [0.5, 0.6) is 0 Å². The lowest BCUT2D eigenvalue weighted by molar-refractivity contribution is -0.213. The Balaban J connectivity index is 2.10. The van der Waals surface area contributed by atoms with Crippen molar-refractivity contribution in [1.29, 1.82) is 0 Å². The summed E-state index contributed by atoms with van der Waals surface area (Å²) in [5.74, 6) is -0.670. The van der Waals surface area contributed by atoms with E-state index in [1.807, 2.05) is 0 Å². The van der Waals surface area contributed by atoms with Gasteiger partial charge in [-0.2, -0.15) is 0 Å². The highest BCUT2D eigenvalue weighted by molar-refractivity contribution is 5.90. The van der Waals surface area contributed by atoms with Crippen molar-refractivity contribution in [3.05, 3.63) is 35.6 Å². The van der Waals surface area contributed by atoms with Crippen LogP contribution >= 0.6 is 0 Å². The van der Waals surface area contributed by atoms with Crippen LogP contribution < -0.4 is 5.11 Å². The van der Waals surface area contributed by atoms with Crippen molar-refractivity contribution in [2.45, 2.75) is 38.1 Å². The van der Waals surface area contributed by atoms with Gasteiger partial charge in [-0.1, -0.05) is 31.4 Å². The summed E-state index contributed by atoms with van der Waals surface area (Å²) in [5, 5.41) is 11.7. The second-order valence-corrected chi connectivity index (χ2v) is 4.24. The molecule has 3 heteroatoms. The zero-order chi connectivity index (χ0) is 11.4. The van der Waals surface area contributed by atoms with Gasteiger partial charge in [0, 0.05) is 6.04 Å². The Morgan fingerprint density at radius 3 is 2.69 bits per heavy atom. The first-order valence-electron chi connectivity index (χ1n) is 5.76. The molecule has 0 spiro atoms. The highest BCUT2D eigenvalue weighted by Crippen LogP contribution is 2.20. The fourth-order valence-electron chi connectivity index (χ4n) is 2.07. The van der Waals surface area contributed by atoms with Crippen molar-refractivity contribution in [3.63, 3.8) is 0 Å². The largest absolute Gasteiger partial charge is 0.858 e. The number of benzene rings is 1. The van der Waals surface area contributed by atoms with E-state index in [1.165, 1.54) is 18.6 Å². The smallest absolute Gasteiger partial charge is 0.123 e. The van der Waals surface area contributed by atoms with E-state index in [2.05, 4.69) is 4.99 Å². The summed E-state index contributed by atoms with van der Waals surface area (Å²) in [6.07, 6.45) is 5.50. The van der Waals surface area contributed by atoms with Crippen molar-refractivity contribution in [2.24, 2.45) is 4.99 Å². The van der Waals surface area contributed by atoms with Crippen molar-refractivity contribution in [2.75, 3.05) is 0 Å². The minimum absolute atomic E-state index is 0.143. The van der Waals surface area contributed by atoms with Crippen LogP contribution in [-0.2, 0) is 0 Å². The van der Waals surface area contributed by atoms with E-state index >= 15 is 0 Å². The van der Waals surface area contributed by atoms with E-state index in [9.17, 15) is 9.50 Å². The summed E-state index contributed by atoms with van der Waals surface area (Å²) in [7, 11) is 0. The molecule has 0 atom stereocenters. The molecule has 86 valence electrons. The van der Waals surface area contributed by atoms with E-state index < -0.39 is 0 Å². The average Bonchev–Trinajstić information content (AvgIpc) is 2.30. The molecular weight excluding hydrogens is 205 g/mol. The maximum absolute atomic E-state index is 12.9. The molecule has 2 rings (SSSR count). The first-order chi connectivity index (χ1) is 7.75. The highest BCUT2D eigenvalue weighted by Gasteiger charge is 2.11. The molecule has 0 radical (unpaired) electrons. The third-order valence-corrected chi connectivity index (χ3v) is 2.95. The Hall–Kier alpha value is -1.38. The zero-order valence-electron chi connectivity index (χ0n) is 9.16.